The van der Waals surface area contributed by atoms with E-state index in [0.29, 0.717) is 22.5 Å². The first-order valence-electron chi connectivity index (χ1n) is 7.28. The summed E-state index contributed by atoms with van der Waals surface area (Å²) in [6.07, 6.45) is 3.16. The first-order valence-corrected chi connectivity index (χ1v) is 8.03. The number of carbonyl (C=O) groups excluding carboxylic acids is 1. The van der Waals surface area contributed by atoms with Crippen molar-refractivity contribution in [2.24, 2.45) is 7.05 Å². The first kappa shape index (κ1) is 18.4. The van der Waals surface area contributed by atoms with Gasteiger partial charge in [-0.3, -0.25) is 9.48 Å². The predicted octanol–water partition coefficient (Wildman–Crippen LogP) is 3.72. The molecule has 1 heterocycles. The quantitative estimate of drug-likeness (QED) is 0.756. The van der Waals surface area contributed by atoms with Crippen LogP contribution < -0.4 is 4.74 Å². The monoisotopic (exact) mass is 367 g/mol. The lowest BCUT2D eigenvalue weighted by Crippen LogP contribution is -2.24. The summed E-state index contributed by atoms with van der Waals surface area (Å²) in [5.74, 6) is 0.533. The van der Waals surface area contributed by atoms with Gasteiger partial charge in [0.1, 0.15) is 10.9 Å². The highest BCUT2D eigenvalue weighted by Gasteiger charge is 2.12. The van der Waals surface area contributed by atoms with E-state index in [-0.39, 0.29) is 5.91 Å². The number of hydrogen-bond acceptors (Lipinski definition) is 3. The summed E-state index contributed by atoms with van der Waals surface area (Å²) in [6, 6.07) is 5.32. The van der Waals surface area contributed by atoms with Gasteiger partial charge in [-0.25, -0.2) is 0 Å². The predicted molar refractivity (Wildman–Crippen MR) is 96.5 cm³/mol. The van der Waals surface area contributed by atoms with E-state index in [9.17, 15) is 4.79 Å². The number of likely N-dealkylation sites (N-methyl/N-ethyl adjacent to an activating group) is 1. The van der Waals surface area contributed by atoms with E-state index in [1.807, 2.05) is 6.92 Å². The second-order valence-electron chi connectivity index (χ2n) is 5.40. The van der Waals surface area contributed by atoms with Crippen LogP contribution in [0.1, 0.15) is 16.8 Å². The van der Waals surface area contributed by atoms with Gasteiger partial charge in [0, 0.05) is 42.9 Å². The van der Waals surface area contributed by atoms with Gasteiger partial charge in [0.2, 0.25) is 5.91 Å². The van der Waals surface area contributed by atoms with E-state index < -0.39 is 0 Å². The Labute approximate surface area is 151 Å². The summed E-state index contributed by atoms with van der Waals surface area (Å²) >= 11 is 12.2. The number of aromatic nitrogens is 2. The van der Waals surface area contributed by atoms with E-state index in [0.717, 1.165) is 16.8 Å². The van der Waals surface area contributed by atoms with E-state index in [1.54, 1.807) is 55.1 Å². The number of aryl methyl sites for hydroxylation is 2. The normalized spacial score (nSPS) is 11.1. The van der Waals surface area contributed by atoms with Crippen LogP contribution in [0.2, 0.25) is 10.2 Å². The average Bonchev–Trinajstić information content (AvgIpc) is 2.78. The summed E-state index contributed by atoms with van der Waals surface area (Å²) in [5.41, 5.74) is 2.34. The van der Waals surface area contributed by atoms with Crippen LogP contribution >= 0.6 is 23.2 Å². The fourth-order valence-electron chi connectivity index (χ4n) is 2.32. The Hall–Kier alpha value is -1.98. The minimum Gasteiger partial charge on any atom is -0.496 e. The molecule has 0 bridgehead atoms. The molecule has 0 aliphatic rings. The maximum Gasteiger partial charge on any atom is 0.246 e. The summed E-state index contributed by atoms with van der Waals surface area (Å²) in [5, 5.41) is 5.30. The van der Waals surface area contributed by atoms with Crippen LogP contribution in [0, 0.1) is 6.92 Å². The zero-order valence-corrected chi connectivity index (χ0v) is 15.5. The molecule has 0 radical (unpaired) electrons. The third-order valence-corrected chi connectivity index (χ3v) is 4.30. The lowest BCUT2D eigenvalue weighted by Gasteiger charge is -2.17. The first-order chi connectivity index (χ1) is 11.3. The topological polar surface area (TPSA) is 47.4 Å². The Morgan fingerprint density at radius 3 is 2.71 bits per heavy atom. The van der Waals surface area contributed by atoms with Crippen LogP contribution in [0.4, 0.5) is 0 Å². The van der Waals surface area contributed by atoms with Crippen molar-refractivity contribution in [2.75, 3.05) is 14.2 Å². The lowest BCUT2D eigenvalue weighted by atomic mass is 10.2. The van der Waals surface area contributed by atoms with Crippen molar-refractivity contribution in [3.63, 3.8) is 0 Å². The molecule has 24 heavy (non-hydrogen) atoms. The van der Waals surface area contributed by atoms with Crippen molar-refractivity contribution in [1.82, 2.24) is 14.7 Å². The number of halogens is 2. The number of rotatable bonds is 5. The second kappa shape index (κ2) is 7.73. The molecule has 0 fully saturated rings. The van der Waals surface area contributed by atoms with Gasteiger partial charge in [-0.2, -0.15) is 5.10 Å². The van der Waals surface area contributed by atoms with Gasteiger partial charge < -0.3 is 9.64 Å². The van der Waals surface area contributed by atoms with E-state index in [2.05, 4.69) is 5.10 Å². The molecule has 0 spiro atoms. The Morgan fingerprint density at radius 1 is 1.42 bits per heavy atom. The fraction of sp³-hybridized carbons (Fsp3) is 0.294. The zero-order valence-electron chi connectivity index (χ0n) is 14.0. The highest BCUT2D eigenvalue weighted by molar-refractivity contribution is 6.31. The molecule has 0 atom stereocenters. The van der Waals surface area contributed by atoms with Gasteiger partial charge in [-0.1, -0.05) is 23.2 Å². The van der Waals surface area contributed by atoms with Crippen molar-refractivity contribution in [2.45, 2.75) is 13.5 Å². The summed E-state index contributed by atoms with van der Waals surface area (Å²) in [4.78, 5) is 13.9. The molecule has 7 heteroatoms. The SMILES string of the molecule is COc1ccc(Cl)cc1CN(C)C(=O)/C=C/c1c(C)nn(C)c1Cl. The summed E-state index contributed by atoms with van der Waals surface area (Å²) in [6.45, 7) is 2.23. The van der Waals surface area contributed by atoms with Crippen LogP contribution in [-0.2, 0) is 18.4 Å². The maximum absolute atomic E-state index is 12.3. The largest absolute Gasteiger partial charge is 0.496 e. The molecule has 1 amide bonds. The standard InChI is InChI=1S/C17H19Cl2N3O2/c1-11-14(17(19)22(3)20-11)6-8-16(23)21(2)10-12-9-13(18)5-7-15(12)24-4/h5-9H,10H2,1-4H3/b8-6+. The van der Waals surface area contributed by atoms with Gasteiger partial charge >= 0.3 is 0 Å². The summed E-state index contributed by atoms with van der Waals surface area (Å²) in [7, 11) is 5.05. The van der Waals surface area contributed by atoms with Crippen LogP contribution in [0.15, 0.2) is 24.3 Å². The van der Waals surface area contributed by atoms with Crippen LogP contribution in [0.3, 0.4) is 0 Å². The van der Waals surface area contributed by atoms with E-state index >= 15 is 0 Å². The number of benzene rings is 1. The van der Waals surface area contributed by atoms with Gasteiger partial charge in [-0.15, -0.1) is 0 Å². The molecule has 128 valence electrons. The molecule has 0 aliphatic heterocycles. The van der Waals surface area contributed by atoms with Crippen molar-refractivity contribution < 1.29 is 9.53 Å². The Morgan fingerprint density at radius 2 is 2.12 bits per heavy atom. The average molecular weight is 368 g/mol. The zero-order chi connectivity index (χ0) is 17.9. The van der Waals surface area contributed by atoms with Gasteiger partial charge in [0.05, 0.1) is 12.8 Å². The smallest absolute Gasteiger partial charge is 0.246 e. The molecule has 2 aromatic rings. The molecule has 2 rings (SSSR count). The number of nitrogens with zero attached hydrogens (tertiary/aromatic N) is 3. The van der Waals surface area contributed by atoms with Crippen molar-refractivity contribution in [3.05, 3.63) is 51.3 Å². The molecular formula is C17H19Cl2N3O2. The lowest BCUT2D eigenvalue weighted by molar-refractivity contribution is -0.125. The van der Waals surface area contributed by atoms with Crippen LogP contribution in [-0.4, -0.2) is 34.7 Å². The van der Waals surface area contributed by atoms with Gasteiger partial charge in [0.25, 0.3) is 0 Å². The highest BCUT2D eigenvalue weighted by atomic mass is 35.5. The summed E-state index contributed by atoms with van der Waals surface area (Å²) < 4.78 is 6.87. The minimum atomic E-state index is -0.156. The number of ether oxygens (including phenoxy) is 1. The molecule has 0 saturated heterocycles. The molecular weight excluding hydrogens is 349 g/mol. The highest BCUT2D eigenvalue weighted by Crippen LogP contribution is 2.24. The fourth-order valence-corrected chi connectivity index (χ4v) is 2.75. The number of methoxy groups -OCH3 is 1. The molecule has 0 aliphatic carbocycles. The van der Waals surface area contributed by atoms with Gasteiger partial charge in [-0.05, 0) is 31.2 Å². The van der Waals surface area contributed by atoms with Crippen molar-refractivity contribution in [3.8, 4) is 5.75 Å². The molecule has 0 saturated carbocycles. The van der Waals surface area contributed by atoms with Crippen LogP contribution in [0.25, 0.3) is 6.08 Å². The molecule has 1 aromatic carbocycles. The van der Waals surface area contributed by atoms with Crippen molar-refractivity contribution in [1.29, 1.82) is 0 Å². The molecule has 0 unspecified atom stereocenters. The Kier molecular flexibility index (Phi) is 5.91. The third kappa shape index (κ3) is 4.10. The number of hydrogen-bond donors (Lipinski definition) is 0. The Balaban J connectivity index is 2.13. The van der Waals surface area contributed by atoms with Gasteiger partial charge in [0.15, 0.2) is 0 Å². The molecule has 0 N–H and O–H groups in total. The molecule has 5 nitrogen and oxygen atoms in total. The maximum atomic E-state index is 12.3. The van der Waals surface area contributed by atoms with E-state index in [4.69, 9.17) is 27.9 Å². The number of carbonyl (C=O) groups is 1. The Bertz CT molecular complexity index is 784. The minimum absolute atomic E-state index is 0.156. The third-order valence-electron chi connectivity index (χ3n) is 3.61. The van der Waals surface area contributed by atoms with Crippen LogP contribution in [0.5, 0.6) is 5.75 Å². The number of amides is 1. The van der Waals surface area contributed by atoms with E-state index in [1.165, 1.54) is 6.08 Å². The van der Waals surface area contributed by atoms with Crippen molar-refractivity contribution >= 4 is 35.2 Å². The second-order valence-corrected chi connectivity index (χ2v) is 6.19. The molecule has 1 aromatic heterocycles.